The molecular weight excluding hydrogens is 416 g/mol. The van der Waals surface area contributed by atoms with Gasteiger partial charge in [0.1, 0.15) is 0 Å². The Labute approximate surface area is 188 Å². The zero-order valence-corrected chi connectivity index (χ0v) is 19.5. The normalized spacial score (nSPS) is 20.0. The van der Waals surface area contributed by atoms with Crippen LogP contribution in [0, 0.1) is 11.8 Å². The number of rotatable bonds is 10. The third-order valence-electron chi connectivity index (χ3n) is 5.87. The van der Waals surface area contributed by atoms with E-state index in [1.807, 2.05) is 24.3 Å². The quantitative estimate of drug-likeness (QED) is 0.594. The van der Waals surface area contributed by atoms with Gasteiger partial charge in [0.2, 0.25) is 11.5 Å². The molecule has 8 nitrogen and oxygen atoms in total. The van der Waals surface area contributed by atoms with Crippen molar-refractivity contribution in [2.75, 3.05) is 49.3 Å². The van der Waals surface area contributed by atoms with Crippen molar-refractivity contribution in [2.45, 2.75) is 19.1 Å². The molecule has 3 atom stereocenters. The second-order valence-corrected chi connectivity index (χ2v) is 7.62. The zero-order valence-electron chi connectivity index (χ0n) is 19.5. The van der Waals surface area contributed by atoms with Crippen molar-refractivity contribution in [3.63, 3.8) is 0 Å². The number of methoxy groups -OCH3 is 6. The molecule has 1 N–H and O–H groups in total. The Hall–Kier alpha value is -2.84. The molecule has 0 saturated carbocycles. The van der Waals surface area contributed by atoms with Gasteiger partial charge in [-0.05, 0) is 54.2 Å². The molecule has 0 spiro atoms. The van der Waals surface area contributed by atoms with Crippen LogP contribution in [0.25, 0.3) is 0 Å². The van der Waals surface area contributed by atoms with E-state index < -0.39 is 6.29 Å². The molecule has 2 aromatic carbocycles. The molecule has 8 heteroatoms. The summed E-state index contributed by atoms with van der Waals surface area (Å²) in [6.45, 7) is 0.451. The molecule has 1 aliphatic rings. The fourth-order valence-electron chi connectivity index (χ4n) is 4.26. The first-order valence-electron chi connectivity index (χ1n) is 10.4. The van der Waals surface area contributed by atoms with Crippen LogP contribution in [0.3, 0.4) is 0 Å². The summed E-state index contributed by atoms with van der Waals surface area (Å²) < 4.78 is 38.3. The Kier molecular flexibility index (Phi) is 7.93. The molecule has 0 unspecified atom stereocenters. The summed E-state index contributed by atoms with van der Waals surface area (Å²) >= 11 is 0. The summed E-state index contributed by atoms with van der Waals surface area (Å²) in [5.41, 5.74) is 1.97. The third kappa shape index (κ3) is 4.81. The number of hydrogen-bond acceptors (Lipinski definition) is 8. The summed E-state index contributed by atoms with van der Waals surface area (Å²) in [4.78, 5) is 0. The molecule has 1 fully saturated rings. The van der Waals surface area contributed by atoms with Gasteiger partial charge >= 0.3 is 0 Å². The lowest BCUT2D eigenvalue weighted by Crippen LogP contribution is -2.24. The van der Waals surface area contributed by atoms with E-state index >= 15 is 0 Å². The monoisotopic (exact) mass is 448 g/mol. The van der Waals surface area contributed by atoms with Crippen molar-refractivity contribution >= 4 is 0 Å². The van der Waals surface area contributed by atoms with Crippen LogP contribution < -0.4 is 28.4 Å². The van der Waals surface area contributed by atoms with Gasteiger partial charge in [-0.2, -0.15) is 0 Å². The van der Waals surface area contributed by atoms with Crippen molar-refractivity contribution in [1.29, 1.82) is 0 Å². The summed E-state index contributed by atoms with van der Waals surface area (Å²) in [6, 6.07) is 7.68. The number of aliphatic hydroxyl groups is 1. The fraction of sp³-hybridized carbons (Fsp3) is 0.500. The van der Waals surface area contributed by atoms with Gasteiger partial charge in [-0.3, -0.25) is 0 Å². The lowest BCUT2D eigenvalue weighted by atomic mass is 9.84. The van der Waals surface area contributed by atoms with Gasteiger partial charge in [-0.15, -0.1) is 0 Å². The first-order valence-corrected chi connectivity index (χ1v) is 10.4. The van der Waals surface area contributed by atoms with Crippen molar-refractivity contribution < 1.29 is 38.3 Å². The number of aliphatic hydroxyl groups excluding tert-OH is 1. The van der Waals surface area contributed by atoms with E-state index in [1.54, 1.807) is 42.7 Å². The summed E-state index contributed by atoms with van der Waals surface area (Å²) in [6.07, 6.45) is 0.414. The van der Waals surface area contributed by atoms with Crippen LogP contribution in [0.15, 0.2) is 24.3 Å². The number of benzene rings is 2. The smallest absolute Gasteiger partial charge is 0.203 e. The molecule has 0 bridgehead atoms. The van der Waals surface area contributed by atoms with Gasteiger partial charge in [0, 0.05) is 5.92 Å². The first kappa shape index (κ1) is 23.8. The highest BCUT2D eigenvalue weighted by atomic mass is 16.6. The predicted octanol–water partition coefficient (Wildman–Crippen LogP) is 3.10. The second-order valence-electron chi connectivity index (χ2n) is 7.62. The predicted molar refractivity (Wildman–Crippen MR) is 119 cm³/mol. The summed E-state index contributed by atoms with van der Waals surface area (Å²) in [7, 11) is 9.51. The molecule has 3 rings (SSSR count). The van der Waals surface area contributed by atoms with Crippen LogP contribution in [0.5, 0.6) is 34.5 Å². The Morgan fingerprint density at radius 3 is 1.47 bits per heavy atom. The van der Waals surface area contributed by atoms with E-state index in [4.69, 9.17) is 33.2 Å². The summed E-state index contributed by atoms with van der Waals surface area (Å²) in [5.74, 6) is 3.42. The summed E-state index contributed by atoms with van der Waals surface area (Å²) in [5, 5.41) is 10.6. The van der Waals surface area contributed by atoms with E-state index in [9.17, 15) is 5.11 Å². The van der Waals surface area contributed by atoms with E-state index in [0.717, 1.165) is 11.1 Å². The van der Waals surface area contributed by atoms with Crippen LogP contribution in [0.2, 0.25) is 0 Å². The van der Waals surface area contributed by atoms with Crippen LogP contribution in [0.1, 0.15) is 11.1 Å². The topological polar surface area (TPSA) is 84.8 Å². The van der Waals surface area contributed by atoms with E-state index in [1.165, 1.54) is 0 Å². The number of hydrogen-bond donors (Lipinski definition) is 1. The fourth-order valence-corrected chi connectivity index (χ4v) is 4.26. The zero-order chi connectivity index (χ0) is 23.3. The SMILES string of the molecule is COc1cc(C[C@H]2CO[C@@H](O)[C@@H]2Cc2cc(OC)c(OC)c(OC)c2)cc(OC)c1OC. The minimum absolute atomic E-state index is 0.0897. The largest absolute Gasteiger partial charge is 0.493 e. The highest BCUT2D eigenvalue weighted by Crippen LogP contribution is 2.42. The van der Waals surface area contributed by atoms with Crippen LogP contribution in [-0.2, 0) is 17.6 Å². The molecule has 0 aromatic heterocycles. The van der Waals surface area contributed by atoms with Crippen molar-refractivity contribution in [1.82, 2.24) is 0 Å². The van der Waals surface area contributed by atoms with Crippen LogP contribution in [0.4, 0.5) is 0 Å². The lowest BCUT2D eigenvalue weighted by Gasteiger charge is -2.22. The molecule has 32 heavy (non-hydrogen) atoms. The Morgan fingerprint density at radius 2 is 1.09 bits per heavy atom. The van der Waals surface area contributed by atoms with Gasteiger partial charge in [-0.1, -0.05) is 0 Å². The van der Waals surface area contributed by atoms with Gasteiger partial charge in [0.05, 0.1) is 49.3 Å². The molecule has 176 valence electrons. The maximum atomic E-state index is 10.6. The number of ether oxygens (including phenoxy) is 7. The Bertz CT molecular complexity index is 863. The molecule has 1 heterocycles. The van der Waals surface area contributed by atoms with Gasteiger partial charge in [0.25, 0.3) is 0 Å². The average molecular weight is 449 g/mol. The van der Waals surface area contributed by atoms with E-state index in [2.05, 4.69) is 0 Å². The Morgan fingerprint density at radius 1 is 0.688 bits per heavy atom. The lowest BCUT2D eigenvalue weighted by molar-refractivity contribution is -0.0820. The maximum Gasteiger partial charge on any atom is 0.203 e. The second kappa shape index (κ2) is 10.7. The third-order valence-corrected chi connectivity index (χ3v) is 5.87. The van der Waals surface area contributed by atoms with E-state index in [-0.39, 0.29) is 11.8 Å². The van der Waals surface area contributed by atoms with Crippen molar-refractivity contribution in [3.8, 4) is 34.5 Å². The van der Waals surface area contributed by atoms with Crippen LogP contribution >= 0.6 is 0 Å². The molecule has 1 aliphatic heterocycles. The van der Waals surface area contributed by atoms with Crippen LogP contribution in [-0.4, -0.2) is 60.7 Å². The Balaban J connectivity index is 1.86. The molecular formula is C24H32O8. The maximum absolute atomic E-state index is 10.6. The van der Waals surface area contributed by atoms with Gasteiger partial charge < -0.3 is 38.3 Å². The highest BCUT2D eigenvalue weighted by Gasteiger charge is 2.36. The van der Waals surface area contributed by atoms with Crippen molar-refractivity contribution in [3.05, 3.63) is 35.4 Å². The molecule has 0 aliphatic carbocycles. The molecule has 1 saturated heterocycles. The standard InChI is InChI=1S/C24H32O8/c1-26-18-9-14(10-19(27-2)22(18)30-5)7-16-13-32-24(25)17(16)8-15-11-20(28-3)23(31-6)21(12-15)29-4/h9-12,16-17,24-25H,7-8,13H2,1-6H3/t16-,17+,24+/m0/s1. The first-order chi connectivity index (χ1) is 15.5. The average Bonchev–Trinajstić information content (AvgIpc) is 3.16. The van der Waals surface area contributed by atoms with Gasteiger partial charge in [-0.25, -0.2) is 0 Å². The van der Waals surface area contributed by atoms with Crippen molar-refractivity contribution in [2.24, 2.45) is 11.8 Å². The van der Waals surface area contributed by atoms with Gasteiger partial charge in [0.15, 0.2) is 29.3 Å². The minimum atomic E-state index is -0.860. The molecule has 2 aromatic rings. The minimum Gasteiger partial charge on any atom is -0.493 e. The highest BCUT2D eigenvalue weighted by molar-refractivity contribution is 5.55. The molecule has 0 amide bonds. The molecule has 0 radical (unpaired) electrons. The van der Waals surface area contributed by atoms with E-state index in [0.29, 0.717) is 53.9 Å².